The molecule has 3 rings (SSSR count). The van der Waals surface area contributed by atoms with Crippen LogP contribution >= 0.6 is 0 Å². The number of benzene rings is 3. The number of nitrogens with one attached hydrogen (secondary N) is 1. The van der Waals surface area contributed by atoms with E-state index >= 15 is 0 Å². The van der Waals surface area contributed by atoms with Gasteiger partial charge in [-0.05, 0) is 41.1 Å². The number of nitrogens with zero attached hydrogens (tertiary/aromatic N) is 1. The summed E-state index contributed by atoms with van der Waals surface area (Å²) in [5.41, 5.74) is 3.86. The standard InChI is InChI=1S/C19H14F2N2O3/c20-19(21)26-17-10-7-12-3-1-2-4-15(12)16(17)11-22-23-14-8-5-13(6-9-14)18(24)25/h1-11,19,23H,(H,24,25)/b22-11-. The highest BCUT2D eigenvalue weighted by Gasteiger charge is 2.11. The van der Waals surface area contributed by atoms with Gasteiger partial charge in [0.25, 0.3) is 0 Å². The Morgan fingerprint density at radius 3 is 2.50 bits per heavy atom. The van der Waals surface area contributed by atoms with Gasteiger partial charge in [-0.15, -0.1) is 0 Å². The van der Waals surface area contributed by atoms with E-state index in [0.717, 1.165) is 10.8 Å². The Balaban J connectivity index is 1.88. The minimum atomic E-state index is -2.94. The molecule has 0 unspecified atom stereocenters. The van der Waals surface area contributed by atoms with Gasteiger partial charge in [0.05, 0.1) is 17.5 Å². The molecule has 5 nitrogen and oxygen atoms in total. The zero-order valence-corrected chi connectivity index (χ0v) is 13.4. The monoisotopic (exact) mass is 356 g/mol. The van der Waals surface area contributed by atoms with Gasteiger partial charge in [0, 0.05) is 5.56 Å². The molecule has 0 aromatic heterocycles. The van der Waals surface area contributed by atoms with E-state index in [1.54, 1.807) is 30.3 Å². The van der Waals surface area contributed by atoms with Crippen LogP contribution in [0.15, 0.2) is 65.8 Å². The molecular weight excluding hydrogens is 342 g/mol. The number of carboxylic acid groups (broad SMARTS) is 1. The van der Waals surface area contributed by atoms with Gasteiger partial charge >= 0.3 is 12.6 Å². The van der Waals surface area contributed by atoms with Gasteiger partial charge in [0.2, 0.25) is 0 Å². The van der Waals surface area contributed by atoms with Crippen molar-refractivity contribution in [2.24, 2.45) is 5.10 Å². The third kappa shape index (κ3) is 3.94. The average Bonchev–Trinajstić information content (AvgIpc) is 2.63. The van der Waals surface area contributed by atoms with Gasteiger partial charge in [-0.2, -0.15) is 13.9 Å². The average molecular weight is 356 g/mol. The molecule has 7 heteroatoms. The molecule has 0 saturated heterocycles. The first-order valence-corrected chi connectivity index (χ1v) is 7.63. The fourth-order valence-electron chi connectivity index (χ4n) is 2.47. The number of anilines is 1. The summed E-state index contributed by atoms with van der Waals surface area (Å²) < 4.78 is 29.9. The maximum atomic E-state index is 12.7. The number of halogens is 2. The van der Waals surface area contributed by atoms with Crippen LogP contribution in [0.3, 0.4) is 0 Å². The Labute approximate surface area is 147 Å². The Hall–Kier alpha value is -3.48. The largest absolute Gasteiger partial charge is 0.478 e. The molecule has 0 aliphatic rings. The fraction of sp³-hybridized carbons (Fsp3) is 0.0526. The van der Waals surface area contributed by atoms with Gasteiger partial charge in [-0.1, -0.05) is 30.3 Å². The lowest BCUT2D eigenvalue weighted by Gasteiger charge is -2.10. The SMILES string of the molecule is O=C(O)c1ccc(N/N=C\c2c(OC(F)F)ccc3ccccc23)cc1. The molecule has 0 bridgehead atoms. The Morgan fingerprint density at radius 2 is 1.81 bits per heavy atom. The van der Waals surface area contributed by atoms with Crippen molar-refractivity contribution in [3.63, 3.8) is 0 Å². The summed E-state index contributed by atoms with van der Waals surface area (Å²) >= 11 is 0. The first kappa shape index (κ1) is 17.3. The second kappa shape index (κ2) is 7.60. The summed E-state index contributed by atoms with van der Waals surface area (Å²) in [6.07, 6.45) is 1.39. The van der Waals surface area contributed by atoms with Crippen LogP contribution in [0.25, 0.3) is 10.8 Å². The molecule has 3 aromatic carbocycles. The zero-order valence-electron chi connectivity index (χ0n) is 13.4. The number of hydrogen-bond donors (Lipinski definition) is 2. The van der Waals surface area contributed by atoms with Crippen molar-refractivity contribution in [2.75, 3.05) is 5.43 Å². The fourth-order valence-corrected chi connectivity index (χ4v) is 2.47. The van der Waals surface area contributed by atoms with E-state index in [0.29, 0.717) is 11.3 Å². The molecule has 2 N–H and O–H groups in total. The van der Waals surface area contributed by atoms with E-state index in [4.69, 9.17) is 5.11 Å². The van der Waals surface area contributed by atoms with Gasteiger partial charge in [-0.25, -0.2) is 4.79 Å². The maximum absolute atomic E-state index is 12.7. The normalized spacial score (nSPS) is 11.2. The minimum absolute atomic E-state index is 0.0190. The Morgan fingerprint density at radius 1 is 1.08 bits per heavy atom. The van der Waals surface area contributed by atoms with E-state index in [1.165, 1.54) is 24.4 Å². The van der Waals surface area contributed by atoms with Crippen LogP contribution in [-0.4, -0.2) is 23.9 Å². The van der Waals surface area contributed by atoms with E-state index in [9.17, 15) is 13.6 Å². The Bertz CT molecular complexity index is 957. The van der Waals surface area contributed by atoms with Crippen LogP contribution in [0, 0.1) is 0 Å². The van der Waals surface area contributed by atoms with Crippen LogP contribution < -0.4 is 10.2 Å². The van der Waals surface area contributed by atoms with Crippen LogP contribution in [0.1, 0.15) is 15.9 Å². The quantitative estimate of drug-likeness (QED) is 0.501. The van der Waals surface area contributed by atoms with E-state index in [2.05, 4.69) is 15.3 Å². The zero-order chi connectivity index (χ0) is 18.5. The molecule has 3 aromatic rings. The summed E-state index contributed by atoms with van der Waals surface area (Å²) in [5.74, 6) is -1.00. The predicted octanol–water partition coefficient (Wildman–Crippen LogP) is 4.59. The molecule has 132 valence electrons. The summed E-state index contributed by atoms with van der Waals surface area (Å²) in [6, 6.07) is 16.4. The van der Waals surface area contributed by atoms with Crippen LogP contribution in [0.5, 0.6) is 5.75 Å². The number of alkyl halides is 2. The number of hydrogen-bond acceptors (Lipinski definition) is 4. The molecule has 0 saturated carbocycles. The smallest absolute Gasteiger partial charge is 0.387 e. The maximum Gasteiger partial charge on any atom is 0.387 e. The molecule has 0 aliphatic heterocycles. The molecule has 0 fully saturated rings. The highest BCUT2D eigenvalue weighted by atomic mass is 19.3. The number of ether oxygens (including phenoxy) is 1. The summed E-state index contributed by atoms with van der Waals surface area (Å²) in [4.78, 5) is 10.8. The topological polar surface area (TPSA) is 70.9 Å². The number of hydrazone groups is 1. The molecule has 0 amide bonds. The van der Waals surface area contributed by atoms with E-state index < -0.39 is 12.6 Å². The molecule has 0 atom stereocenters. The van der Waals surface area contributed by atoms with E-state index in [1.807, 2.05) is 12.1 Å². The molecule has 0 spiro atoms. The van der Waals surface area contributed by atoms with Crippen molar-refractivity contribution in [3.05, 3.63) is 71.8 Å². The van der Waals surface area contributed by atoms with Gasteiger partial charge in [0.1, 0.15) is 5.75 Å². The van der Waals surface area contributed by atoms with Crippen LogP contribution in [-0.2, 0) is 0 Å². The number of carbonyl (C=O) groups is 1. The van der Waals surface area contributed by atoms with Crippen molar-refractivity contribution >= 4 is 28.6 Å². The summed E-state index contributed by atoms with van der Waals surface area (Å²) in [5, 5.41) is 14.5. The third-order valence-corrected chi connectivity index (χ3v) is 3.67. The summed E-state index contributed by atoms with van der Waals surface area (Å²) in [6.45, 7) is -2.94. The van der Waals surface area contributed by atoms with Crippen molar-refractivity contribution in [1.29, 1.82) is 0 Å². The number of rotatable bonds is 6. The first-order valence-electron chi connectivity index (χ1n) is 7.63. The van der Waals surface area contributed by atoms with Gasteiger partial charge in [0.15, 0.2) is 0 Å². The number of fused-ring (bicyclic) bond motifs is 1. The van der Waals surface area contributed by atoms with Crippen molar-refractivity contribution < 1.29 is 23.4 Å². The molecule has 0 heterocycles. The lowest BCUT2D eigenvalue weighted by atomic mass is 10.0. The number of carboxylic acids is 1. The van der Waals surface area contributed by atoms with Gasteiger partial charge < -0.3 is 9.84 Å². The highest BCUT2D eigenvalue weighted by molar-refractivity contribution is 6.02. The lowest BCUT2D eigenvalue weighted by molar-refractivity contribution is -0.0498. The Kier molecular flexibility index (Phi) is 5.07. The van der Waals surface area contributed by atoms with Crippen molar-refractivity contribution in [2.45, 2.75) is 6.61 Å². The highest BCUT2D eigenvalue weighted by Crippen LogP contribution is 2.28. The lowest BCUT2D eigenvalue weighted by Crippen LogP contribution is -2.05. The molecular formula is C19H14F2N2O3. The minimum Gasteiger partial charge on any atom is -0.478 e. The van der Waals surface area contributed by atoms with Gasteiger partial charge in [-0.3, -0.25) is 5.43 Å². The predicted molar refractivity (Wildman–Crippen MR) is 95.2 cm³/mol. The second-order valence-corrected chi connectivity index (χ2v) is 5.33. The molecule has 26 heavy (non-hydrogen) atoms. The summed E-state index contributed by atoms with van der Waals surface area (Å²) in [7, 11) is 0. The molecule has 0 radical (unpaired) electrons. The van der Waals surface area contributed by atoms with Crippen LogP contribution in [0.4, 0.5) is 14.5 Å². The van der Waals surface area contributed by atoms with E-state index in [-0.39, 0.29) is 11.3 Å². The van der Waals surface area contributed by atoms with Crippen LogP contribution in [0.2, 0.25) is 0 Å². The third-order valence-electron chi connectivity index (χ3n) is 3.67. The molecule has 0 aliphatic carbocycles. The van der Waals surface area contributed by atoms with Crippen molar-refractivity contribution in [1.82, 2.24) is 0 Å². The van der Waals surface area contributed by atoms with Crippen molar-refractivity contribution in [3.8, 4) is 5.75 Å². The first-order chi connectivity index (χ1) is 12.5. The second-order valence-electron chi connectivity index (χ2n) is 5.33. The number of aromatic carboxylic acids is 1.